The molecule has 1 aliphatic rings. The van der Waals surface area contributed by atoms with Gasteiger partial charge in [0.05, 0.1) is 13.2 Å². The third-order valence-corrected chi connectivity index (χ3v) is 2.92. The van der Waals surface area contributed by atoms with Crippen LogP contribution in [-0.2, 0) is 4.74 Å². The van der Waals surface area contributed by atoms with Crippen LogP contribution in [0.1, 0.15) is 24.5 Å². The van der Waals surface area contributed by atoms with Crippen LogP contribution in [0.15, 0.2) is 24.3 Å². The molecule has 0 amide bonds. The van der Waals surface area contributed by atoms with Crippen molar-refractivity contribution in [2.75, 3.05) is 20.8 Å². The average molecular weight is 221 g/mol. The molecule has 1 atom stereocenters. The minimum Gasteiger partial charge on any atom is -0.497 e. The predicted molar refractivity (Wildman–Crippen MR) is 63.8 cm³/mol. The molecule has 1 aromatic rings. The van der Waals surface area contributed by atoms with Gasteiger partial charge in [-0.3, -0.25) is 0 Å². The largest absolute Gasteiger partial charge is 0.497 e. The van der Waals surface area contributed by atoms with Crippen LogP contribution >= 0.6 is 0 Å². The lowest BCUT2D eigenvalue weighted by molar-refractivity contribution is 0.102. The van der Waals surface area contributed by atoms with Crippen LogP contribution < -0.4 is 10.1 Å². The predicted octanol–water partition coefficient (Wildman–Crippen LogP) is 2.13. The van der Waals surface area contributed by atoms with Crippen LogP contribution in [0.4, 0.5) is 0 Å². The first kappa shape index (κ1) is 11.4. The standard InChI is InChI=1S/C13H19NO2/c1-15-12-5-3-4-10(8-12)13(16-2)9-14-11-6-7-11/h3-5,8,11,13-14H,6-7,9H2,1-2H3. The molecule has 0 heterocycles. The Bertz CT molecular complexity index is 336. The summed E-state index contributed by atoms with van der Waals surface area (Å²) in [5.41, 5.74) is 1.16. The van der Waals surface area contributed by atoms with Crippen LogP contribution in [-0.4, -0.2) is 26.8 Å². The van der Waals surface area contributed by atoms with E-state index in [1.807, 2.05) is 18.2 Å². The van der Waals surface area contributed by atoms with Crippen LogP contribution in [0.25, 0.3) is 0 Å². The van der Waals surface area contributed by atoms with E-state index in [1.165, 1.54) is 12.8 Å². The fourth-order valence-corrected chi connectivity index (χ4v) is 1.74. The monoisotopic (exact) mass is 221 g/mol. The second-order valence-corrected chi connectivity index (χ2v) is 4.18. The summed E-state index contributed by atoms with van der Waals surface area (Å²) >= 11 is 0. The summed E-state index contributed by atoms with van der Waals surface area (Å²) in [7, 11) is 3.43. The lowest BCUT2D eigenvalue weighted by atomic mass is 10.1. The van der Waals surface area contributed by atoms with E-state index in [-0.39, 0.29) is 6.10 Å². The van der Waals surface area contributed by atoms with E-state index in [0.717, 1.165) is 17.9 Å². The summed E-state index contributed by atoms with van der Waals surface area (Å²) in [6, 6.07) is 8.76. The SMILES string of the molecule is COc1cccc(C(CNC2CC2)OC)c1. The van der Waals surface area contributed by atoms with Gasteiger partial charge in [0.1, 0.15) is 5.75 Å². The number of hydrogen-bond donors (Lipinski definition) is 1. The van der Waals surface area contributed by atoms with Crippen molar-refractivity contribution < 1.29 is 9.47 Å². The molecule has 1 aliphatic carbocycles. The van der Waals surface area contributed by atoms with E-state index in [1.54, 1.807) is 14.2 Å². The average Bonchev–Trinajstić information content (AvgIpc) is 3.14. The molecule has 1 unspecified atom stereocenters. The van der Waals surface area contributed by atoms with Crippen LogP contribution in [0.3, 0.4) is 0 Å². The normalized spacial score (nSPS) is 17.1. The van der Waals surface area contributed by atoms with E-state index in [4.69, 9.17) is 9.47 Å². The van der Waals surface area contributed by atoms with Crippen molar-refractivity contribution in [1.29, 1.82) is 0 Å². The van der Waals surface area contributed by atoms with Gasteiger partial charge in [-0.25, -0.2) is 0 Å². The number of benzene rings is 1. The molecule has 1 N–H and O–H groups in total. The zero-order valence-corrected chi connectivity index (χ0v) is 9.90. The Morgan fingerprint density at radius 1 is 1.38 bits per heavy atom. The van der Waals surface area contributed by atoms with Crippen molar-refractivity contribution in [2.24, 2.45) is 0 Å². The third kappa shape index (κ3) is 2.97. The highest BCUT2D eigenvalue weighted by Crippen LogP contribution is 2.23. The molecule has 16 heavy (non-hydrogen) atoms. The van der Waals surface area contributed by atoms with E-state index in [2.05, 4.69) is 11.4 Å². The quantitative estimate of drug-likeness (QED) is 0.798. The second kappa shape index (κ2) is 5.32. The Hall–Kier alpha value is -1.06. The molecule has 3 nitrogen and oxygen atoms in total. The van der Waals surface area contributed by atoms with Crippen molar-refractivity contribution in [1.82, 2.24) is 5.32 Å². The zero-order valence-electron chi connectivity index (χ0n) is 9.90. The van der Waals surface area contributed by atoms with Gasteiger partial charge in [0.15, 0.2) is 0 Å². The summed E-state index contributed by atoms with van der Waals surface area (Å²) in [6.45, 7) is 0.869. The van der Waals surface area contributed by atoms with Crippen molar-refractivity contribution in [3.8, 4) is 5.75 Å². The Kier molecular flexibility index (Phi) is 3.80. The van der Waals surface area contributed by atoms with Gasteiger partial charge in [0.2, 0.25) is 0 Å². The van der Waals surface area contributed by atoms with Crippen LogP contribution in [0, 0.1) is 0 Å². The van der Waals surface area contributed by atoms with Gasteiger partial charge in [-0.15, -0.1) is 0 Å². The van der Waals surface area contributed by atoms with Gasteiger partial charge in [0, 0.05) is 19.7 Å². The molecule has 1 fully saturated rings. The number of nitrogens with one attached hydrogen (secondary N) is 1. The maximum Gasteiger partial charge on any atom is 0.119 e. The van der Waals surface area contributed by atoms with Crippen molar-refractivity contribution >= 4 is 0 Å². The number of ether oxygens (including phenoxy) is 2. The van der Waals surface area contributed by atoms with E-state index in [0.29, 0.717) is 6.04 Å². The molecule has 88 valence electrons. The van der Waals surface area contributed by atoms with Gasteiger partial charge in [-0.05, 0) is 30.5 Å². The van der Waals surface area contributed by atoms with Crippen LogP contribution in [0.2, 0.25) is 0 Å². The molecule has 0 radical (unpaired) electrons. The van der Waals surface area contributed by atoms with Gasteiger partial charge in [-0.2, -0.15) is 0 Å². The third-order valence-electron chi connectivity index (χ3n) is 2.92. The van der Waals surface area contributed by atoms with Crippen molar-refractivity contribution in [2.45, 2.75) is 25.0 Å². The Labute approximate surface area is 96.8 Å². The van der Waals surface area contributed by atoms with Gasteiger partial charge >= 0.3 is 0 Å². The van der Waals surface area contributed by atoms with E-state index in [9.17, 15) is 0 Å². The van der Waals surface area contributed by atoms with Crippen molar-refractivity contribution in [3.05, 3.63) is 29.8 Å². The van der Waals surface area contributed by atoms with Crippen molar-refractivity contribution in [3.63, 3.8) is 0 Å². The van der Waals surface area contributed by atoms with Crippen LogP contribution in [0.5, 0.6) is 5.75 Å². The molecule has 0 aromatic heterocycles. The lowest BCUT2D eigenvalue weighted by Crippen LogP contribution is -2.24. The molecular formula is C13H19NO2. The smallest absolute Gasteiger partial charge is 0.119 e. The van der Waals surface area contributed by atoms with Gasteiger partial charge in [0.25, 0.3) is 0 Å². The number of hydrogen-bond acceptors (Lipinski definition) is 3. The molecule has 0 saturated heterocycles. The zero-order chi connectivity index (χ0) is 11.4. The summed E-state index contributed by atoms with van der Waals surface area (Å²) < 4.78 is 10.7. The fraction of sp³-hybridized carbons (Fsp3) is 0.538. The fourth-order valence-electron chi connectivity index (χ4n) is 1.74. The molecule has 1 aromatic carbocycles. The number of rotatable bonds is 6. The van der Waals surface area contributed by atoms with Gasteiger partial charge in [-0.1, -0.05) is 12.1 Å². The highest BCUT2D eigenvalue weighted by Gasteiger charge is 2.22. The first-order valence-electron chi connectivity index (χ1n) is 5.73. The minimum absolute atomic E-state index is 0.107. The number of methoxy groups -OCH3 is 2. The maximum atomic E-state index is 5.50. The second-order valence-electron chi connectivity index (χ2n) is 4.18. The van der Waals surface area contributed by atoms with E-state index < -0.39 is 0 Å². The molecule has 1 saturated carbocycles. The maximum absolute atomic E-state index is 5.50. The van der Waals surface area contributed by atoms with Gasteiger partial charge < -0.3 is 14.8 Å². The Morgan fingerprint density at radius 3 is 2.81 bits per heavy atom. The lowest BCUT2D eigenvalue weighted by Gasteiger charge is -2.17. The molecule has 3 heteroatoms. The summed E-state index contributed by atoms with van der Waals surface area (Å²) in [4.78, 5) is 0. The first-order chi connectivity index (χ1) is 7.83. The Balaban J connectivity index is 1.99. The minimum atomic E-state index is 0.107. The highest BCUT2D eigenvalue weighted by molar-refractivity contribution is 5.30. The molecule has 0 bridgehead atoms. The molecule has 0 spiro atoms. The summed E-state index contributed by atoms with van der Waals surface area (Å²) in [6.07, 6.45) is 2.71. The van der Waals surface area contributed by atoms with E-state index >= 15 is 0 Å². The molecular weight excluding hydrogens is 202 g/mol. The first-order valence-corrected chi connectivity index (χ1v) is 5.73. The molecule has 2 rings (SSSR count). The summed E-state index contributed by atoms with van der Waals surface area (Å²) in [5, 5.41) is 3.48. The Morgan fingerprint density at radius 2 is 2.19 bits per heavy atom. The summed E-state index contributed by atoms with van der Waals surface area (Å²) in [5.74, 6) is 0.881. The highest BCUT2D eigenvalue weighted by atomic mass is 16.5. The topological polar surface area (TPSA) is 30.5 Å². The molecule has 0 aliphatic heterocycles.